The van der Waals surface area contributed by atoms with E-state index in [1.807, 2.05) is 31.3 Å². The number of anilines is 1. The van der Waals surface area contributed by atoms with Crippen molar-refractivity contribution in [2.24, 2.45) is 0 Å². The first-order valence-electron chi connectivity index (χ1n) is 6.66. The van der Waals surface area contributed by atoms with E-state index in [4.69, 9.17) is 4.74 Å². The van der Waals surface area contributed by atoms with Crippen molar-refractivity contribution in [3.05, 3.63) is 24.3 Å². The number of para-hydroxylation sites is 2. The van der Waals surface area contributed by atoms with Gasteiger partial charge in [0.2, 0.25) is 5.91 Å². The Hall–Kier alpha value is -2.08. The van der Waals surface area contributed by atoms with Crippen molar-refractivity contribution in [3.63, 3.8) is 0 Å². The molecule has 6 heteroatoms. The fourth-order valence-electron chi connectivity index (χ4n) is 2.03. The zero-order chi connectivity index (χ0) is 14.4. The van der Waals surface area contributed by atoms with Gasteiger partial charge < -0.3 is 20.3 Å². The molecule has 108 valence electrons. The van der Waals surface area contributed by atoms with Crippen LogP contribution in [0.5, 0.6) is 5.75 Å². The van der Waals surface area contributed by atoms with Crippen molar-refractivity contribution < 1.29 is 14.3 Å². The molecule has 1 aromatic rings. The molecule has 1 aliphatic heterocycles. The molecule has 0 saturated heterocycles. The van der Waals surface area contributed by atoms with E-state index in [-0.39, 0.29) is 24.8 Å². The lowest BCUT2D eigenvalue weighted by Gasteiger charge is -2.29. The number of hydrogen-bond acceptors (Lipinski definition) is 4. The lowest BCUT2D eigenvalue weighted by atomic mass is 10.2. The Morgan fingerprint density at radius 2 is 2.15 bits per heavy atom. The highest BCUT2D eigenvalue weighted by Crippen LogP contribution is 2.31. The number of nitrogens with zero attached hydrogens (tertiary/aromatic N) is 1. The van der Waals surface area contributed by atoms with Gasteiger partial charge in [0.05, 0.1) is 5.69 Å². The summed E-state index contributed by atoms with van der Waals surface area (Å²) in [5.74, 6) is 0.506. The van der Waals surface area contributed by atoms with Crippen LogP contribution in [0.25, 0.3) is 0 Å². The second-order valence-electron chi connectivity index (χ2n) is 4.51. The number of carbonyl (C=O) groups excluding carboxylic acids is 2. The normalized spacial score (nSPS) is 13.7. The van der Waals surface area contributed by atoms with Gasteiger partial charge in [-0.3, -0.25) is 9.59 Å². The van der Waals surface area contributed by atoms with Gasteiger partial charge in [-0.05, 0) is 19.2 Å². The summed E-state index contributed by atoms with van der Waals surface area (Å²) >= 11 is 0. The highest BCUT2D eigenvalue weighted by atomic mass is 16.5. The number of nitrogens with one attached hydrogen (secondary N) is 2. The summed E-state index contributed by atoms with van der Waals surface area (Å²) in [6.45, 7) is 1.71. The van der Waals surface area contributed by atoms with Crippen LogP contribution in [0.2, 0.25) is 0 Å². The Kier molecular flexibility index (Phi) is 4.95. The first-order valence-corrected chi connectivity index (χ1v) is 6.66. The van der Waals surface area contributed by atoms with E-state index in [1.54, 1.807) is 4.90 Å². The Morgan fingerprint density at radius 3 is 2.95 bits per heavy atom. The quantitative estimate of drug-likeness (QED) is 0.726. The minimum atomic E-state index is -0.119. The Labute approximate surface area is 118 Å². The molecule has 1 aromatic carbocycles. The third-order valence-electron chi connectivity index (χ3n) is 3.07. The van der Waals surface area contributed by atoms with Crippen molar-refractivity contribution in [3.8, 4) is 5.75 Å². The Morgan fingerprint density at radius 1 is 1.35 bits per heavy atom. The molecule has 0 saturated carbocycles. The molecule has 0 atom stereocenters. The maximum Gasteiger partial charge on any atom is 0.265 e. The third kappa shape index (κ3) is 3.48. The number of fused-ring (bicyclic) bond motifs is 1. The van der Waals surface area contributed by atoms with Crippen LogP contribution in [-0.4, -0.2) is 45.1 Å². The van der Waals surface area contributed by atoms with Crippen LogP contribution >= 0.6 is 0 Å². The van der Waals surface area contributed by atoms with Crippen LogP contribution in [0.1, 0.15) is 6.42 Å². The van der Waals surface area contributed by atoms with Crippen molar-refractivity contribution >= 4 is 17.5 Å². The predicted molar refractivity (Wildman–Crippen MR) is 75.8 cm³/mol. The van der Waals surface area contributed by atoms with Crippen molar-refractivity contribution in [2.75, 3.05) is 38.2 Å². The molecule has 2 amide bonds. The molecular formula is C14H19N3O3. The van der Waals surface area contributed by atoms with Gasteiger partial charge in [0.1, 0.15) is 5.75 Å². The van der Waals surface area contributed by atoms with Crippen LogP contribution in [0.3, 0.4) is 0 Å². The molecule has 1 heterocycles. The van der Waals surface area contributed by atoms with E-state index < -0.39 is 0 Å². The summed E-state index contributed by atoms with van der Waals surface area (Å²) in [4.78, 5) is 25.2. The Bertz CT molecular complexity index is 490. The molecule has 0 aromatic heterocycles. The predicted octanol–water partition coefficient (Wildman–Crippen LogP) is 0.138. The van der Waals surface area contributed by atoms with Crippen LogP contribution < -0.4 is 20.3 Å². The minimum absolute atomic E-state index is 0.0262. The molecule has 0 unspecified atom stereocenters. The van der Waals surface area contributed by atoms with E-state index in [2.05, 4.69) is 10.6 Å². The van der Waals surface area contributed by atoms with Gasteiger partial charge in [-0.25, -0.2) is 0 Å². The summed E-state index contributed by atoms with van der Waals surface area (Å²) < 4.78 is 5.35. The average Bonchev–Trinajstić information content (AvgIpc) is 2.46. The summed E-state index contributed by atoms with van der Waals surface area (Å²) in [7, 11) is 1.83. The molecule has 1 aliphatic rings. The number of rotatable bonds is 6. The lowest BCUT2D eigenvalue weighted by molar-refractivity contribution is -0.122. The van der Waals surface area contributed by atoms with Crippen molar-refractivity contribution in [1.29, 1.82) is 0 Å². The van der Waals surface area contributed by atoms with E-state index in [0.29, 0.717) is 18.8 Å². The minimum Gasteiger partial charge on any atom is -0.482 e. The molecule has 20 heavy (non-hydrogen) atoms. The van der Waals surface area contributed by atoms with Gasteiger partial charge in [0, 0.05) is 26.1 Å². The van der Waals surface area contributed by atoms with E-state index in [1.165, 1.54) is 0 Å². The smallest absolute Gasteiger partial charge is 0.265 e. The summed E-state index contributed by atoms with van der Waals surface area (Å²) in [6, 6.07) is 7.35. The number of benzene rings is 1. The zero-order valence-electron chi connectivity index (χ0n) is 11.5. The molecule has 0 radical (unpaired) electrons. The second kappa shape index (κ2) is 6.91. The third-order valence-corrected chi connectivity index (χ3v) is 3.07. The zero-order valence-corrected chi connectivity index (χ0v) is 11.5. The van der Waals surface area contributed by atoms with E-state index >= 15 is 0 Å². The van der Waals surface area contributed by atoms with Gasteiger partial charge in [0.15, 0.2) is 6.61 Å². The largest absolute Gasteiger partial charge is 0.482 e. The van der Waals surface area contributed by atoms with Gasteiger partial charge in [-0.1, -0.05) is 12.1 Å². The molecule has 0 fully saturated rings. The molecule has 0 bridgehead atoms. The summed E-state index contributed by atoms with van der Waals surface area (Å²) in [6.07, 6.45) is 0.282. The lowest BCUT2D eigenvalue weighted by Crippen LogP contribution is -2.41. The first-order chi connectivity index (χ1) is 9.72. The maximum absolute atomic E-state index is 11.9. The van der Waals surface area contributed by atoms with Crippen LogP contribution in [0, 0.1) is 0 Å². The molecule has 0 aliphatic carbocycles. The van der Waals surface area contributed by atoms with E-state index in [9.17, 15) is 9.59 Å². The number of ether oxygens (including phenoxy) is 1. The average molecular weight is 277 g/mol. The summed E-state index contributed by atoms with van der Waals surface area (Å²) in [5.41, 5.74) is 0.728. The monoisotopic (exact) mass is 277 g/mol. The second-order valence-corrected chi connectivity index (χ2v) is 4.51. The van der Waals surface area contributed by atoms with Crippen LogP contribution in [0.15, 0.2) is 24.3 Å². The number of hydrogen-bond donors (Lipinski definition) is 2. The summed E-state index contributed by atoms with van der Waals surface area (Å²) in [5, 5.41) is 5.74. The van der Waals surface area contributed by atoms with Crippen molar-refractivity contribution in [2.45, 2.75) is 6.42 Å². The molecule has 2 rings (SSSR count). The topological polar surface area (TPSA) is 70.7 Å². The first kappa shape index (κ1) is 14.3. The van der Waals surface area contributed by atoms with Crippen LogP contribution in [0.4, 0.5) is 5.69 Å². The fraction of sp³-hybridized carbons (Fsp3) is 0.429. The standard InChI is InChI=1S/C14H19N3O3/c1-15-7-8-16-13(18)6-9-17-11-4-2-3-5-12(11)20-10-14(17)19/h2-5,15H,6-10H2,1H3,(H,16,18). The van der Waals surface area contributed by atoms with Gasteiger partial charge in [0.25, 0.3) is 5.91 Å². The Balaban J connectivity index is 1.92. The fourth-order valence-corrected chi connectivity index (χ4v) is 2.03. The van der Waals surface area contributed by atoms with Crippen LogP contribution in [-0.2, 0) is 9.59 Å². The molecular weight excluding hydrogens is 258 g/mol. The van der Waals surface area contributed by atoms with Gasteiger partial charge in [-0.15, -0.1) is 0 Å². The number of amides is 2. The molecule has 0 spiro atoms. The number of carbonyl (C=O) groups is 2. The molecule has 2 N–H and O–H groups in total. The highest BCUT2D eigenvalue weighted by molar-refractivity contribution is 5.98. The number of likely N-dealkylation sites (N-methyl/N-ethyl adjacent to an activating group) is 1. The van der Waals surface area contributed by atoms with Crippen molar-refractivity contribution in [1.82, 2.24) is 10.6 Å². The van der Waals surface area contributed by atoms with E-state index in [0.717, 1.165) is 12.2 Å². The van der Waals surface area contributed by atoms with Gasteiger partial charge >= 0.3 is 0 Å². The van der Waals surface area contributed by atoms with Gasteiger partial charge in [-0.2, -0.15) is 0 Å². The maximum atomic E-state index is 11.9. The SMILES string of the molecule is CNCCNC(=O)CCN1C(=O)COc2ccccc21. The molecule has 6 nitrogen and oxygen atoms in total. The highest BCUT2D eigenvalue weighted by Gasteiger charge is 2.25.